The molecule has 3 aromatic rings. The van der Waals surface area contributed by atoms with Gasteiger partial charge in [-0.05, 0) is 40.8 Å². The molecule has 1 aliphatic heterocycles. The van der Waals surface area contributed by atoms with Gasteiger partial charge in [-0.2, -0.15) is 0 Å². The quantitative estimate of drug-likeness (QED) is 0.565. The second-order valence-corrected chi connectivity index (χ2v) is 6.84. The van der Waals surface area contributed by atoms with Gasteiger partial charge < -0.3 is 4.90 Å². The summed E-state index contributed by atoms with van der Waals surface area (Å²) >= 11 is 0. The van der Waals surface area contributed by atoms with Gasteiger partial charge in [0.1, 0.15) is 0 Å². The van der Waals surface area contributed by atoms with Crippen LogP contribution in [0.4, 0.5) is 11.4 Å². The maximum atomic E-state index is 2.46. The SMILES string of the molecule is CC(C)c1ccccc1C1CN(c2ccccc2)c2ccccc21. The molecule has 1 atom stereocenters. The normalized spacial score (nSPS) is 16.5. The smallest absolute Gasteiger partial charge is 0.0450 e. The van der Waals surface area contributed by atoms with Crippen LogP contribution in [0.25, 0.3) is 0 Å². The van der Waals surface area contributed by atoms with Crippen LogP contribution in [0.15, 0.2) is 78.9 Å². The number of anilines is 2. The molecule has 0 amide bonds. The number of fused-ring (bicyclic) bond motifs is 1. The van der Waals surface area contributed by atoms with Crippen LogP contribution < -0.4 is 4.90 Å². The van der Waals surface area contributed by atoms with Gasteiger partial charge in [0.05, 0.1) is 0 Å². The van der Waals surface area contributed by atoms with Crippen LogP contribution in [0.2, 0.25) is 0 Å². The maximum absolute atomic E-state index is 2.46. The van der Waals surface area contributed by atoms with Crippen LogP contribution in [0, 0.1) is 0 Å². The van der Waals surface area contributed by atoms with Gasteiger partial charge in [-0.15, -0.1) is 0 Å². The molecule has 120 valence electrons. The van der Waals surface area contributed by atoms with E-state index in [-0.39, 0.29) is 0 Å². The molecule has 3 aromatic carbocycles. The third kappa shape index (κ3) is 2.50. The predicted molar refractivity (Wildman–Crippen MR) is 102 cm³/mol. The van der Waals surface area contributed by atoms with Crippen molar-refractivity contribution >= 4 is 11.4 Å². The number of nitrogens with zero attached hydrogens (tertiary/aromatic N) is 1. The van der Waals surface area contributed by atoms with Crippen LogP contribution in [0.1, 0.15) is 42.4 Å². The van der Waals surface area contributed by atoms with E-state index in [4.69, 9.17) is 0 Å². The Bertz CT molecular complexity index is 835. The summed E-state index contributed by atoms with van der Waals surface area (Å²) in [6, 6.07) is 28.5. The molecule has 0 spiro atoms. The van der Waals surface area contributed by atoms with E-state index in [0.717, 1.165) is 6.54 Å². The van der Waals surface area contributed by atoms with Crippen LogP contribution in [-0.4, -0.2) is 6.54 Å². The van der Waals surface area contributed by atoms with Crippen molar-refractivity contribution in [2.75, 3.05) is 11.4 Å². The largest absolute Gasteiger partial charge is 0.340 e. The first-order chi connectivity index (χ1) is 11.8. The molecule has 0 bridgehead atoms. The first-order valence-electron chi connectivity index (χ1n) is 8.76. The van der Waals surface area contributed by atoms with Crippen molar-refractivity contribution < 1.29 is 0 Å². The number of benzene rings is 3. The summed E-state index contributed by atoms with van der Waals surface area (Å²) in [5.74, 6) is 0.971. The Hall–Kier alpha value is -2.54. The first-order valence-corrected chi connectivity index (χ1v) is 8.76. The van der Waals surface area contributed by atoms with Gasteiger partial charge in [0.25, 0.3) is 0 Å². The van der Waals surface area contributed by atoms with Gasteiger partial charge in [-0.1, -0.05) is 74.5 Å². The summed E-state index contributed by atoms with van der Waals surface area (Å²) in [4.78, 5) is 2.46. The molecular weight excluding hydrogens is 290 g/mol. The highest BCUT2D eigenvalue weighted by atomic mass is 15.2. The molecule has 1 nitrogen and oxygen atoms in total. The molecule has 4 rings (SSSR count). The summed E-state index contributed by atoms with van der Waals surface area (Å²) in [5.41, 5.74) is 6.99. The molecule has 1 unspecified atom stereocenters. The second kappa shape index (κ2) is 6.16. The lowest BCUT2D eigenvalue weighted by molar-refractivity contribution is 0.793. The zero-order chi connectivity index (χ0) is 16.5. The van der Waals surface area contributed by atoms with E-state index in [2.05, 4.69) is 97.6 Å². The number of hydrogen-bond donors (Lipinski definition) is 0. The van der Waals surface area contributed by atoms with Gasteiger partial charge in [-0.3, -0.25) is 0 Å². The Morgan fingerprint density at radius 1 is 0.750 bits per heavy atom. The van der Waals surface area contributed by atoms with E-state index in [9.17, 15) is 0 Å². The lowest BCUT2D eigenvalue weighted by atomic mass is 9.86. The van der Waals surface area contributed by atoms with Gasteiger partial charge in [0.2, 0.25) is 0 Å². The van der Waals surface area contributed by atoms with Crippen LogP contribution in [0.5, 0.6) is 0 Å². The highest BCUT2D eigenvalue weighted by Crippen LogP contribution is 2.45. The van der Waals surface area contributed by atoms with Crippen LogP contribution in [-0.2, 0) is 0 Å². The van der Waals surface area contributed by atoms with E-state index >= 15 is 0 Å². The van der Waals surface area contributed by atoms with Crippen molar-refractivity contribution in [1.29, 1.82) is 0 Å². The third-order valence-corrected chi connectivity index (χ3v) is 5.03. The van der Waals surface area contributed by atoms with E-state index < -0.39 is 0 Å². The summed E-state index contributed by atoms with van der Waals surface area (Å²) in [5, 5.41) is 0. The molecule has 1 heterocycles. The summed E-state index contributed by atoms with van der Waals surface area (Å²) in [7, 11) is 0. The minimum Gasteiger partial charge on any atom is -0.340 e. The van der Waals surface area contributed by atoms with Crippen molar-refractivity contribution in [2.24, 2.45) is 0 Å². The number of para-hydroxylation sites is 2. The van der Waals surface area contributed by atoms with Crippen LogP contribution >= 0.6 is 0 Å². The standard InChI is InChI=1S/C23H23N/c1-17(2)19-12-6-7-13-20(19)22-16-24(18-10-4-3-5-11-18)23-15-9-8-14-21(22)23/h3-15,17,22H,16H2,1-2H3. The molecule has 1 aliphatic rings. The number of hydrogen-bond acceptors (Lipinski definition) is 1. The molecule has 0 radical (unpaired) electrons. The zero-order valence-corrected chi connectivity index (χ0v) is 14.3. The van der Waals surface area contributed by atoms with Crippen molar-refractivity contribution in [1.82, 2.24) is 0 Å². The van der Waals surface area contributed by atoms with E-state index in [1.807, 2.05) is 0 Å². The minimum atomic E-state index is 0.431. The van der Waals surface area contributed by atoms with E-state index in [0.29, 0.717) is 11.8 Å². The Labute approximate surface area is 144 Å². The maximum Gasteiger partial charge on any atom is 0.0450 e. The average Bonchev–Trinajstić information content (AvgIpc) is 3.02. The molecule has 0 saturated heterocycles. The summed E-state index contributed by atoms with van der Waals surface area (Å²) < 4.78 is 0. The van der Waals surface area contributed by atoms with Gasteiger partial charge in [-0.25, -0.2) is 0 Å². The van der Waals surface area contributed by atoms with E-state index in [1.54, 1.807) is 0 Å². The van der Waals surface area contributed by atoms with Crippen LogP contribution in [0.3, 0.4) is 0 Å². The lowest BCUT2D eigenvalue weighted by Crippen LogP contribution is -2.17. The fourth-order valence-electron chi connectivity index (χ4n) is 3.88. The fraction of sp³-hybridized carbons (Fsp3) is 0.217. The van der Waals surface area contributed by atoms with Gasteiger partial charge in [0.15, 0.2) is 0 Å². The monoisotopic (exact) mass is 313 g/mol. The fourth-order valence-corrected chi connectivity index (χ4v) is 3.88. The minimum absolute atomic E-state index is 0.431. The Morgan fingerprint density at radius 2 is 1.38 bits per heavy atom. The second-order valence-electron chi connectivity index (χ2n) is 6.84. The first kappa shape index (κ1) is 15.0. The summed E-state index contributed by atoms with van der Waals surface area (Å²) in [6.07, 6.45) is 0. The molecule has 24 heavy (non-hydrogen) atoms. The highest BCUT2D eigenvalue weighted by Gasteiger charge is 2.31. The molecule has 0 aromatic heterocycles. The Kier molecular flexibility index (Phi) is 3.86. The van der Waals surface area contributed by atoms with Gasteiger partial charge in [0, 0.05) is 23.8 Å². The summed E-state index contributed by atoms with van der Waals surface area (Å²) in [6.45, 7) is 5.58. The number of rotatable bonds is 3. The van der Waals surface area contributed by atoms with Crippen molar-refractivity contribution in [3.8, 4) is 0 Å². The third-order valence-electron chi connectivity index (χ3n) is 5.03. The van der Waals surface area contributed by atoms with Crippen molar-refractivity contribution in [2.45, 2.75) is 25.7 Å². The Morgan fingerprint density at radius 3 is 2.12 bits per heavy atom. The van der Waals surface area contributed by atoms with Gasteiger partial charge >= 0.3 is 0 Å². The molecule has 0 fully saturated rings. The Balaban J connectivity index is 1.82. The highest BCUT2D eigenvalue weighted by molar-refractivity contribution is 5.72. The topological polar surface area (TPSA) is 3.24 Å². The molecule has 0 aliphatic carbocycles. The molecule has 0 saturated carbocycles. The molecular formula is C23H23N. The van der Waals surface area contributed by atoms with Crippen molar-refractivity contribution in [3.63, 3.8) is 0 Å². The lowest BCUT2D eigenvalue weighted by Gasteiger charge is -2.21. The molecule has 1 heteroatoms. The molecule has 0 N–H and O–H groups in total. The van der Waals surface area contributed by atoms with Crippen molar-refractivity contribution in [3.05, 3.63) is 95.6 Å². The predicted octanol–water partition coefficient (Wildman–Crippen LogP) is 6.09. The average molecular weight is 313 g/mol. The zero-order valence-electron chi connectivity index (χ0n) is 14.3. The van der Waals surface area contributed by atoms with E-state index in [1.165, 1.54) is 28.1 Å².